The van der Waals surface area contributed by atoms with Gasteiger partial charge in [-0.25, -0.2) is 0 Å². The van der Waals surface area contributed by atoms with Crippen LogP contribution in [0, 0.1) is 6.92 Å². The highest BCUT2D eigenvalue weighted by molar-refractivity contribution is 5.33. The van der Waals surface area contributed by atoms with Crippen LogP contribution in [0.25, 0.3) is 0 Å². The lowest BCUT2D eigenvalue weighted by Gasteiger charge is -2.20. The maximum atomic E-state index is 9.48. The molecule has 1 unspecified atom stereocenters. The van der Waals surface area contributed by atoms with E-state index in [-0.39, 0.29) is 13.2 Å². The fraction of sp³-hybridized carbons (Fsp3) is 0.556. The van der Waals surface area contributed by atoms with Crippen molar-refractivity contribution >= 4 is 5.82 Å². The van der Waals surface area contributed by atoms with Crippen LogP contribution in [0.5, 0.6) is 0 Å². The summed E-state index contributed by atoms with van der Waals surface area (Å²) in [4.78, 5) is 0. The third kappa shape index (κ3) is 3.27. The molecule has 3 N–H and O–H groups in total. The minimum absolute atomic E-state index is 0.237. The highest BCUT2D eigenvalue weighted by Gasteiger charge is 2.18. The summed E-state index contributed by atoms with van der Waals surface area (Å²) >= 11 is 0. The van der Waals surface area contributed by atoms with Gasteiger partial charge < -0.3 is 15.5 Å². The van der Waals surface area contributed by atoms with Crippen molar-refractivity contribution in [2.24, 2.45) is 0 Å². The van der Waals surface area contributed by atoms with Crippen LogP contribution in [-0.2, 0) is 0 Å². The Kier molecular flexibility index (Phi) is 3.38. The number of aromatic nitrogens is 2. The Labute approximate surface area is 82.8 Å². The van der Waals surface area contributed by atoms with Crippen molar-refractivity contribution in [1.29, 1.82) is 0 Å². The number of nitrogens with one attached hydrogen (secondary N) is 1. The van der Waals surface area contributed by atoms with Crippen LogP contribution in [0.3, 0.4) is 0 Å². The Morgan fingerprint density at radius 2 is 2.14 bits per heavy atom. The van der Waals surface area contributed by atoms with Crippen molar-refractivity contribution in [3.05, 3.63) is 17.8 Å². The lowest BCUT2D eigenvalue weighted by Crippen LogP contribution is -2.37. The second kappa shape index (κ2) is 4.34. The molecule has 0 spiro atoms. The van der Waals surface area contributed by atoms with E-state index in [2.05, 4.69) is 15.5 Å². The summed E-state index contributed by atoms with van der Waals surface area (Å²) in [5.74, 6) is 0.587. The zero-order valence-corrected chi connectivity index (χ0v) is 8.36. The van der Waals surface area contributed by atoms with Gasteiger partial charge in [0.25, 0.3) is 0 Å². The molecule has 0 fully saturated rings. The molecule has 0 saturated carbocycles. The number of aryl methyl sites for hydroxylation is 1. The van der Waals surface area contributed by atoms with Crippen molar-refractivity contribution in [1.82, 2.24) is 10.2 Å². The zero-order valence-electron chi connectivity index (χ0n) is 8.36. The summed E-state index contributed by atoms with van der Waals surface area (Å²) in [6.07, 6.45) is 0. The van der Waals surface area contributed by atoms with E-state index in [1.165, 1.54) is 0 Å². The van der Waals surface area contributed by atoms with Gasteiger partial charge in [-0.05, 0) is 26.0 Å². The average molecular weight is 197 g/mol. The fourth-order valence-electron chi connectivity index (χ4n) is 0.830. The maximum absolute atomic E-state index is 9.48. The van der Waals surface area contributed by atoms with Gasteiger partial charge in [-0.15, -0.1) is 5.10 Å². The molecular weight excluding hydrogens is 182 g/mol. The Morgan fingerprint density at radius 1 is 1.43 bits per heavy atom. The number of hydrogen-bond donors (Lipinski definition) is 3. The third-order valence-electron chi connectivity index (χ3n) is 1.79. The SMILES string of the molecule is Cc1ccc(NCC(C)(O)CO)nn1. The topological polar surface area (TPSA) is 78.3 Å². The molecule has 0 aliphatic carbocycles. The molecule has 1 heterocycles. The van der Waals surface area contributed by atoms with Crippen LogP contribution in [-0.4, -0.2) is 39.2 Å². The molecule has 0 radical (unpaired) electrons. The van der Waals surface area contributed by atoms with Crippen LogP contribution >= 0.6 is 0 Å². The lowest BCUT2D eigenvalue weighted by atomic mass is 10.1. The van der Waals surface area contributed by atoms with Gasteiger partial charge in [-0.1, -0.05) is 0 Å². The predicted molar refractivity (Wildman–Crippen MR) is 53.0 cm³/mol. The molecule has 1 atom stereocenters. The molecule has 5 nitrogen and oxygen atoms in total. The molecule has 14 heavy (non-hydrogen) atoms. The first-order valence-corrected chi connectivity index (χ1v) is 4.41. The molecule has 0 aliphatic rings. The van der Waals surface area contributed by atoms with E-state index in [1.54, 1.807) is 13.0 Å². The average Bonchev–Trinajstić information content (AvgIpc) is 2.17. The Balaban J connectivity index is 2.50. The van der Waals surface area contributed by atoms with E-state index in [0.29, 0.717) is 5.82 Å². The van der Waals surface area contributed by atoms with E-state index in [1.807, 2.05) is 13.0 Å². The minimum atomic E-state index is -1.13. The van der Waals surface area contributed by atoms with Crippen LogP contribution in [0.1, 0.15) is 12.6 Å². The molecular formula is C9H15N3O2. The second-order valence-electron chi connectivity index (χ2n) is 3.57. The number of nitrogens with zero attached hydrogens (tertiary/aromatic N) is 2. The first-order chi connectivity index (χ1) is 6.53. The van der Waals surface area contributed by atoms with Gasteiger partial charge in [0.1, 0.15) is 11.4 Å². The molecule has 1 aromatic rings. The van der Waals surface area contributed by atoms with E-state index in [0.717, 1.165) is 5.69 Å². The monoisotopic (exact) mass is 197 g/mol. The number of aliphatic hydroxyl groups is 2. The van der Waals surface area contributed by atoms with Crippen molar-refractivity contribution in [2.75, 3.05) is 18.5 Å². The third-order valence-corrected chi connectivity index (χ3v) is 1.79. The first-order valence-electron chi connectivity index (χ1n) is 4.41. The van der Waals surface area contributed by atoms with Crippen molar-refractivity contribution in [3.63, 3.8) is 0 Å². The molecule has 0 bridgehead atoms. The Bertz CT molecular complexity index is 285. The summed E-state index contributed by atoms with van der Waals surface area (Å²) in [5, 5.41) is 28.9. The standard InChI is InChI=1S/C9H15N3O2/c1-7-3-4-8(12-11-7)10-5-9(2,14)6-13/h3-4,13-14H,5-6H2,1-2H3,(H,10,12). The van der Waals surface area contributed by atoms with Gasteiger partial charge in [0, 0.05) is 6.54 Å². The highest BCUT2D eigenvalue weighted by Crippen LogP contribution is 2.05. The predicted octanol–water partition coefficient (Wildman–Crippen LogP) is -0.0598. The largest absolute Gasteiger partial charge is 0.393 e. The summed E-state index contributed by atoms with van der Waals surface area (Å²) in [7, 11) is 0. The second-order valence-corrected chi connectivity index (χ2v) is 3.57. The summed E-state index contributed by atoms with van der Waals surface area (Å²) in [6.45, 7) is 3.34. The molecule has 0 saturated heterocycles. The van der Waals surface area contributed by atoms with Crippen LogP contribution in [0.4, 0.5) is 5.82 Å². The molecule has 1 rings (SSSR count). The number of aliphatic hydroxyl groups excluding tert-OH is 1. The van der Waals surface area contributed by atoms with Crippen molar-refractivity contribution in [2.45, 2.75) is 19.4 Å². The molecule has 1 aromatic heterocycles. The smallest absolute Gasteiger partial charge is 0.148 e. The minimum Gasteiger partial charge on any atom is -0.393 e. The molecule has 5 heteroatoms. The van der Waals surface area contributed by atoms with Crippen molar-refractivity contribution in [3.8, 4) is 0 Å². The van der Waals surface area contributed by atoms with E-state index in [9.17, 15) is 5.11 Å². The van der Waals surface area contributed by atoms with Gasteiger partial charge in [0.15, 0.2) is 0 Å². The van der Waals surface area contributed by atoms with E-state index >= 15 is 0 Å². The summed E-state index contributed by atoms with van der Waals surface area (Å²) in [6, 6.07) is 3.60. The number of hydrogen-bond acceptors (Lipinski definition) is 5. The molecule has 0 amide bonds. The first kappa shape index (κ1) is 10.9. The van der Waals surface area contributed by atoms with Crippen LogP contribution in [0.2, 0.25) is 0 Å². The maximum Gasteiger partial charge on any atom is 0.148 e. The zero-order chi connectivity index (χ0) is 10.6. The quantitative estimate of drug-likeness (QED) is 0.630. The summed E-state index contributed by atoms with van der Waals surface area (Å²) < 4.78 is 0. The van der Waals surface area contributed by atoms with E-state index in [4.69, 9.17) is 5.11 Å². The normalized spacial score (nSPS) is 14.9. The molecule has 0 aliphatic heterocycles. The van der Waals surface area contributed by atoms with Crippen LogP contribution in [0.15, 0.2) is 12.1 Å². The van der Waals surface area contributed by atoms with Gasteiger partial charge >= 0.3 is 0 Å². The molecule has 0 aromatic carbocycles. The number of rotatable bonds is 4. The number of anilines is 1. The Hall–Kier alpha value is -1.20. The van der Waals surface area contributed by atoms with Gasteiger partial charge in [-0.2, -0.15) is 5.10 Å². The summed E-state index contributed by atoms with van der Waals surface area (Å²) in [5.41, 5.74) is -0.295. The Morgan fingerprint density at radius 3 is 2.64 bits per heavy atom. The van der Waals surface area contributed by atoms with Crippen LogP contribution < -0.4 is 5.32 Å². The van der Waals surface area contributed by atoms with Gasteiger partial charge in [0.2, 0.25) is 0 Å². The van der Waals surface area contributed by atoms with E-state index < -0.39 is 5.60 Å². The van der Waals surface area contributed by atoms with Crippen molar-refractivity contribution < 1.29 is 10.2 Å². The lowest BCUT2D eigenvalue weighted by molar-refractivity contribution is 0.0131. The molecule has 78 valence electrons. The highest BCUT2D eigenvalue weighted by atomic mass is 16.3. The fourth-order valence-corrected chi connectivity index (χ4v) is 0.830. The van der Waals surface area contributed by atoms with Gasteiger partial charge in [0.05, 0.1) is 12.3 Å². The van der Waals surface area contributed by atoms with Gasteiger partial charge in [-0.3, -0.25) is 0 Å².